The Morgan fingerprint density at radius 2 is 2.36 bits per heavy atom. The molecule has 14 heavy (non-hydrogen) atoms. The fourth-order valence-corrected chi connectivity index (χ4v) is 0.903. The lowest BCUT2D eigenvalue weighted by molar-refractivity contribution is -0.119. The lowest BCUT2D eigenvalue weighted by atomic mass is 10.3. The molecule has 6 heteroatoms. The number of carbonyl (C=O) groups is 1. The van der Waals surface area contributed by atoms with Crippen molar-refractivity contribution in [3.8, 4) is 5.75 Å². The molecule has 0 aliphatic carbocycles. The Balaban J connectivity index is 2.49. The fourth-order valence-electron chi connectivity index (χ4n) is 0.739. The number of halogens is 1. The molecule has 1 aromatic rings. The Bertz CT molecular complexity index is 332. The molecule has 0 saturated carbocycles. The molecule has 1 heterocycles. The number of amides is 1. The number of ether oxygens (including phenoxy) is 1. The number of carbonyl (C=O) groups excluding carboxylic acids is 1. The minimum Gasteiger partial charge on any atom is -0.490 e. The van der Waals surface area contributed by atoms with E-state index in [0.717, 1.165) is 0 Å². The van der Waals surface area contributed by atoms with Crippen LogP contribution in [-0.4, -0.2) is 23.5 Å². The largest absolute Gasteiger partial charge is 0.490 e. The van der Waals surface area contributed by atoms with Crippen LogP contribution >= 0.6 is 11.6 Å². The molecule has 76 valence electrons. The predicted octanol–water partition coefficient (Wildman–Crippen LogP) is -0.0736. The van der Waals surface area contributed by atoms with Crippen LogP contribution in [-0.2, 0) is 4.79 Å². The zero-order valence-electron chi connectivity index (χ0n) is 7.31. The summed E-state index contributed by atoms with van der Waals surface area (Å²) in [5, 5.41) is 0.454. The molecular formula is C8H10ClN3O2. The monoisotopic (exact) mass is 215 g/mol. The van der Waals surface area contributed by atoms with Gasteiger partial charge < -0.3 is 16.2 Å². The van der Waals surface area contributed by atoms with Crippen LogP contribution in [0.2, 0.25) is 5.02 Å². The van der Waals surface area contributed by atoms with Crippen molar-refractivity contribution in [2.24, 2.45) is 11.5 Å². The molecule has 0 bridgehead atoms. The molecule has 4 N–H and O–H groups in total. The molecule has 0 saturated heterocycles. The lowest BCUT2D eigenvalue weighted by Crippen LogP contribution is -2.41. The molecule has 0 radical (unpaired) electrons. The molecule has 1 rings (SSSR count). The van der Waals surface area contributed by atoms with E-state index in [9.17, 15) is 4.79 Å². The Morgan fingerprint density at radius 1 is 1.64 bits per heavy atom. The standard InChI is InChI=1S/C8H10ClN3O2/c9-5-1-6(3-12-2-5)14-4-7(10)8(11)13/h1-3,7H,4,10H2,(H2,11,13). The minimum atomic E-state index is -0.825. The summed E-state index contributed by atoms with van der Waals surface area (Å²) >= 11 is 5.66. The first-order valence-electron chi connectivity index (χ1n) is 3.88. The van der Waals surface area contributed by atoms with Crippen LogP contribution in [0.25, 0.3) is 0 Å². The maximum Gasteiger partial charge on any atom is 0.237 e. The van der Waals surface area contributed by atoms with Crippen LogP contribution in [0, 0.1) is 0 Å². The first kappa shape index (κ1) is 10.7. The number of nitrogens with zero attached hydrogens (tertiary/aromatic N) is 1. The number of pyridine rings is 1. The predicted molar refractivity (Wildman–Crippen MR) is 51.9 cm³/mol. The van der Waals surface area contributed by atoms with E-state index >= 15 is 0 Å². The number of hydrogen-bond acceptors (Lipinski definition) is 4. The van der Waals surface area contributed by atoms with E-state index in [1.165, 1.54) is 12.4 Å². The Labute approximate surface area is 86.0 Å². The fraction of sp³-hybridized carbons (Fsp3) is 0.250. The first-order valence-corrected chi connectivity index (χ1v) is 4.25. The number of nitrogens with two attached hydrogens (primary N) is 2. The van der Waals surface area contributed by atoms with E-state index in [1.807, 2.05) is 0 Å². The van der Waals surface area contributed by atoms with Gasteiger partial charge in [-0.25, -0.2) is 0 Å². The number of aromatic nitrogens is 1. The van der Waals surface area contributed by atoms with E-state index in [1.54, 1.807) is 6.07 Å². The van der Waals surface area contributed by atoms with Crippen LogP contribution in [0.5, 0.6) is 5.75 Å². The zero-order chi connectivity index (χ0) is 10.6. The molecule has 0 aliphatic rings. The highest BCUT2D eigenvalue weighted by Gasteiger charge is 2.09. The second kappa shape index (κ2) is 4.78. The summed E-state index contributed by atoms with van der Waals surface area (Å²) in [6, 6.07) is 0.747. The second-order valence-corrected chi connectivity index (χ2v) is 3.10. The van der Waals surface area contributed by atoms with E-state index in [-0.39, 0.29) is 6.61 Å². The van der Waals surface area contributed by atoms with Gasteiger partial charge in [0.25, 0.3) is 0 Å². The average Bonchev–Trinajstić information content (AvgIpc) is 2.14. The summed E-state index contributed by atoms with van der Waals surface area (Å²) in [4.78, 5) is 14.4. The van der Waals surface area contributed by atoms with E-state index in [0.29, 0.717) is 10.8 Å². The number of rotatable bonds is 4. The van der Waals surface area contributed by atoms with Crippen LogP contribution < -0.4 is 16.2 Å². The van der Waals surface area contributed by atoms with Crippen LogP contribution in [0.4, 0.5) is 0 Å². The summed E-state index contributed by atoms with van der Waals surface area (Å²) in [6.07, 6.45) is 2.95. The van der Waals surface area contributed by atoms with Gasteiger partial charge in [-0.3, -0.25) is 9.78 Å². The van der Waals surface area contributed by atoms with Crippen molar-refractivity contribution < 1.29 is 9.53 Å². The third kappa shape index (κ3) is 3.20. The summed E-state index contributed by atoms with van der Waals surface area (Å²) < 4.78 is 5.14. The maximum atomic E-state index is 10.6. The van der Waals surface area contributed by atoms with Gasteiger partial charge in [0, 0.05) is 12.3 Å². The Morgan fingerprint density at radius 3 is 2.93 bits per heavy atom. The second-order valence-electron chi connectivity index (χ2n) is 2.66. The highest BCUT2D eigenvalue weighted by molar-refractivity contribution is 6.30. The lowest BCUT2D eigenvalue weighted by Gasteiger charge is -2.09. The zero-order valence-corrected chi connectivity index (χ0v) is 8.07. The SMILES string of the molecule is NC(=O)C(N)COc1cncc(Cl)c1. The van der Waals surface area contributed by atoms with Crippen molar-refractivity contribution >= 4 is 17.5 Å². The summed E-state index contributed by atoms with van der Waals surface area (Å²) in [5.74, 6) is -0.158. The van der Waals surface area contributed by atoms with E-state index < -0.39 is 11.9 Å². The topological polar surface area (TPSA) is 91.2 Å². The molecule has 0 aromatic carbocycles. The third-order valence-corrected chi connectivity index (χ3v) is 1.68. The molecule has 1 atom stereocenters. The number of hydrogen-bond donors (Lipinski definition) is 2. The summed E-state index contributed by atoms with van der Waals surface area (Å²) in [7, 11) is 0. The molecular weight excluding hydrogens is 206 g/mol. The highest BCUT2D eigenvalue weighted by Crippen LogP contribution is 2.14. The van der Waals surface area contributed by atoms with Crippen molar-refractivity contribution in [1.82, 2.24) is 4.98 Å². The number of primary amides is 1. The molecule has 5 nitrogen and oxygen atoms in total. The van der Waals surface area contributed by atoms with Crippen molar-refractivity contribution in [3.63, 3.8) is 0 Å². The van der Waals surface area contributed by atoms with Crippen LogP contribution in [0.3, 0.4) is 0 Å². The maximum absolute atomic E-state index is 10.6. The van der Waals surface area contributed by atoms with Gasteiger partial charge in [0.1, 0.15) is 18.4 Å². The molecule has 1 unspecified atom stereocenters. The first-order chi connectivity index (χ1) is 6.59. The van der Waals surface area contributed by atoms with Gasteiger partial charge in [0.2, 0.25) is 5.91 Å². The van der Waals surface area contributed by atoms with Crippen molar-refractivity contribution in [1.29, 1.82) is 0 Å². The van der Waals surface area contributed by atoms with Gasteiger partial charge in [-0.15, -0.1) is 0 Å². The van der Waals surface area contributed by atoms with Gasteiger partial charge in [-0.05, 0) is 0 Å². The van der Waals surface area contributed by atoms with Gasteiger partial charge in [-0.1, -0.05) is 11.6 Å². The quantitative estimate of drug-likeness (QED) is 0.735. The molecule has 1 aromatic heterocycles. The average molecular weight is 216 g/mol. The Hall–Kier alpha value is -1.33. The summed E-state index contributed by atoms with van der Waals surface area (Å²) in [5.41, 5.74) is 10.3. The molecule has 0 aliphatic heterocycles. The van der Waals surface area contributed by atoms with Crippen molar-refractivity contribution in [2.45, 2.75) is 6.04 Å². The van der Waals surface area contributed by atoms with Gasteiger partial charge in [0.05, 0.1) is 11.2 Å². The normalized spacial score (nSPS) is 12.1. The molecule has 1 amide bonds. The highest BCUT2D eigenvalue weighted by atomic mass is 35.5. The third-order valence-electron chi connectivity index (χ3n) is 1.47. The smallest absolute Gasteiger partial charge is 0.237 e. The molecule has 0 fully saturated rings. The van der Waals surface area contributed by atoms with E-state index in [4.69, 9.17) is 27.8 Å². The van der Waals surface area contributed by atoms with Gasteiger partial charge in [0.15, 0.2) is 0 Å². The minimum absolute atomic E-state index is 0.0113. The van der Waals surface area contributed by atoms with Crippen molar-refractivity contribution in [3.05, 3.63) is 23.5 Å². The van der Waals surface area contributed by atoms with Crippen molar-refractivity contribution in [2.75, 3.05) is 6.61 Å². The Kier molecular flexibility index (Phi) is 3.67. The van der Waals surface area contributed by atoms with E-state index in [2.05, 4.69) is 4.98 Å². The summed E-state index contributed by atoms with van der Waals surface area (Å²) in [6.45, 7) is 0.0113. The van der Waals surface area contributed by atoms with Crippen LogP contribution in [0.1, 0.15) is 0 Å². The van der Waals surface area contributed by atoms with Gasteiger partial charge >= 0.3 is 0 Å². The van der Waals surface area contributed by atoms with Crippen LogP contribution in [0.15, 0.2) is 18.5 Å². The van der Waals surface area contributed by atoms with Gasteiger partial charge in [-0.2, -0.15) is 0 Å². The molecule has 0 spiro atoms.